The average Bonchev–Trinajstić information content (AvgIpc) is 3.03. The predicted octanol–water partition coefficient (Wildman–Crippen LogP) is 3.32. The van der Waals surface area contributed by atoms with Crippen LogP contribution in [0.2, 0.25) is 0 Å². The Bertz CT molecular complexity index is 755. The molecule has 2 aromatic heterocycles. The number of aromatic nitrogens is 3. The van der Waals surface area contributed by atoms with Gasteiger partial charge in [-0.05, 0) is 12.5 Å². The maximum Gasteiger partial charge on any atom is 0.243 e. The van der Waals surface area contributed by atoms with Crippen LogP contribution >= 0.6 is 11.3 Å². The van der Waals surface area contributed by atoms with Gasteiger partial charge in [0.2, 0.25) is 23.6 Å². The highest BCUT2D eigenvalue weighted by Gasteiger charge is 2.17. The van der Waals surface area contributed by atoms with Crippen LogP contribution in [0.15, 0.2) is 36.5 Å². The van der Waals surface area contributed by atoms with Crippen LogP contribution in [0.3, 0.4) is 0 Å². The summed E-state index contributed by atoms with van der Waals surface area (Å²) in [6.45, 7) is 0.813. The third kappa shape index (κ3) is 2.59. The topological polar surface area (TPSA) is 60.2 Å². The quantitative estimate of drug-likeness (QED) is 0.803. The largest absolute Gasteiger partial charge is 0.497 e. The molecule has 1 aromatic carbocycles. The van der Waals surface area contributed by atoms with Crippen molar-refractivity contribution in [2.45, 2.75) is 6.92 Å². The maximum atomic E-state index is 12.5. The molecule has 0 amide bonds. The Labute approximate surface area is 124 Å². The van der Waals surface area contributed by atoms with E-state index in [1.807, 2.05) is 30.3 Å². The van der Waals surface area contributed by atoms with E-state index in [-0.39, 0.29) is 10.9 Å². The van der Waals surface area contributed by atoms with E-state index >= 15 is 0 Å². The minimum Gasteiger partial charge on any atom is -0.497 e. The van der Waals surface area contributed by atoms with E-state index in [4.69, 9.17) is 4.74 Å². The molecule has 7 heteroatoms. The second-order valence-electron chi connectivity index (χ2n) is 4.27. The van der Waals surface area contributed by atoms with E-state index in [1.54, 1.807) is 13.1 Å². The standard InChI is InChI=1S/C14H12FN3O2S/c1-9-16-12(14(19)21-9)18-7-11(13(17-18)20-8-15)10-5-3-2-4-6-10/h2-7,19H,8H2,1H3. The second-order valence-corrected chi connectivity index (χ2v) is 5.46. The first kappa shape index (κ1) is 13.6. The number of aromatic hydroxyl groups is 1. The van der Waals surface area contributed by atoms with Gasteiger partial charge in [0, 0.05) is 6.20 Å². The highest BCUT2D eigenvalue weighted by Crippen LogP contribution is 2.33. The number of hydrogen-bond donors (Lipinski definition) is 1. The number of hydrogen-bond acceptors (Lipinski definition) is 5. The molecule has 5 nitrogen and oxygen atoms in total. The molecule has 0 atom stereocenters. The van der Waals surface area contributed by atoms with E-state index < -0.39 is 6.86 Å². The van der Waals surface area contributed by atoms with Gasteiger partial charge in [0.1, 0.15) is 0 Å². The number of thiazole rings is 1. The Morgan fingerprint density at radius 2 is 2.10 bits per heavy atom. The Balaban J connectivity index is 2.10. The molecule has 2 heterocycles. The molecule has 3 aromatic rings. The maximum absolute atomic E-state index is 12.5. The minimum atomic E-state index is -0.973. The molecule has 0 fully saturated rings. The summed E-state index contributed by atoms with van der Waals surface area (Å²) in [4.78, 5) is 4.21. The molecule has 0 radical (unpaired) electrons. The minimum absolute atomic E-state index is 0.0569. The van der Waals surface area contributed by atoms with Crippen molar-refractivity contribution in [2.24, 2.45) is 0 Å². The monoisotopic (exact) mass is 305 g/mol. The zero-order valence-electron chi connectivity index (χ0n) is 11.2. The van der Waals surface area contributed by atoms with E-state index in [2.05, 4.69) is 10.1 Å². The van der Waals surface area contributed by atoms with Crippen molar-refractivity contribution in [1.82, 2.24) is 14.8 Å². The third-order valence-corrected chi connectivity index (χ3v) is 3.64. The lowest BCUT2D eigenvalue weighted by molar-refractivity contribution is 0.184. The van der Waals surface area contributed by atoms with Crippen LogP contribution in [0.4, 0.5) is 4.39 Å². The summed E-state index contributed by atoms with van der Waals surface area (Å²) in [5.41, 5.74) is 1.48. The fraction of sp³-hybridized carbons (Fsp3) is 0.143. The van der Waals surface area contributed by atoms with Gasteiger partial charge in [-0.3, -0.25) is 0 Å². The van der Waals surface area contributed by atoms with E-state index in [0.29, 0.717) is 16.4 Å². The van der Waals surface area contributed by atoms with E-state index in [0.717, 1.165) is 16.9 Å². The molecule has 0 unspecified atom stereocenters. The molecular formula is C14H12FN3O2S. The summed E-state index contributed by atoms with van der Waals surface area (Å²) >= 11 is 1.16. The fourth-order valence-electron chi connectivity index (χ4n) is 2.00. The van der Waals surface area contributed by atoms with Crippen molar-refractivity contribution >= 4 is 11.3 Å². The number of halogens is 1. The molecule has 3 rings (SSSR count). The molecule has 108 valence electrons. The summed E-state index contributed by atoms with van der Waals surface area (Å²) in [6, 6.07) is 9.38. The summed E-state index contributed by atoms with van der Waals surface area (Å²) < 4.78 is 18.9. The first-order chi connectivity index (χ1) is 10.2. The van der Waals surface area contributed by atoms with Gasteiger partial charge in [-0.2, -0.15) is 0 Å². The third-order valence-electron chi connectivity index (χ3n) is 2.87. The highest BCUT2D eigenvalue weighted by atomic mass is 32.1. The molecule has 21 heavy (non-hydrogen) atoms. The van der Waals surface area contributed by atoms with Gasteiger partial charge in [-0.15, -0.1) is 5.10 Å². The van der Waals surface area contributed by atoms with Crippen LogP contribution in [-0.2, 0) is 0 Å². The molecular weight excluding hydrogens is 293 g/mol. The van der Waals surface area contributed by atoms with Crippen molar-refractivity contribution in [3.63, 3.8) is 0 Å². The molecule has 0 aliphatic carbocycles. The summed E-state index contributed by atoms with van der Waals surface area (Å²) in [6.07, 6.45) is 1.66. The lowest BCUT2D eigenvalue weighted by Crippen LogP contribution is -1.97. The highest BCUT2D eigenvalue weighted by molar-refractivity contribution is 7.13. The molecule has 0 spiro atoms. The van der Waals surface area contributed by atoms with Gasteiger partial charge in [0.05, 0.1) is 10.6 Å². The second kappa shape index (κ2) is 5.53. The Kier molecular flexibility index (Phi) is 3.57. The number of rotatable bonds is 4. The number of aryl methyl sites for hydroxylation is 1. The smallest absolute Gasteiger partial charge is 0.243 e. The van der Waals surface area contributed by atoms with Crippen molar-refractivity contribution in [1.29, 1.82) is 0 Å². The van der Waals surface area contributed by atoms with Crippen LogP contribution in [0.25, 0.3) is 16.9 Å². The van der Waals surface area contributed by atoms with Gasteiger partial charge < -0.3 is 9.84 Å². The van der Waals surface area contributed by atoms with E-state index in [1.165, 1.54) is 4.68 Å². The molecule has 0 bridgehead atoms. The first-order valence-corrected chi connectivity index (χ1v) is 7.01. The van der Waals surface area contributed by atoms with Crippen molar-refractivity contribution in [2.75, 3.05) is 6.86 Å². The number of ether oxygens (including phenoxy) is 1. The van der Waals surface area contributed by atoms with Crippen molar-refractivity contribution in [3.8, 4) is 27.9 Å². The summed E-state index contributed by atoms with van der Waals surface area (Å²) in [5, 5.41) is 14.8. The van der Waals surface area contributed by atoms with Crippen LogP contribution < -0.4 is 4.74 Å². The SMILES string of the molecule is Cc1nc(-n2cc(-c3ccccc3)c(OCF)n2)c(O)s1. The van der Waals surface area contributed by atoms with Crippen LogP contribution in [-0.4, -0.2) is 26.7 Å². The van der Waals surface area contributed by atoms with Gasteiger partial charge in [-0.1, -0.05) is 41.7 Å². The van der Waals surface area contributed by atoms with E-state index in [9.17, 15) is 9.50 Å². The van der Waals surface area contributed by atoms with Crippen LogP contribution in [0, 0.1) is 6.92 Å². The molecule has 1 N–H and O–H groups in total. The zero-order chi connectivity index (χ0) is 14.8. The zero-order valence-corrected chi connectivity index (χ0v) is 12.0. The van der Waals surface area contributed by atoms with Gasteiger partial charge in [0.15, 0.2) is 0 Å². The van der Waals surface area contributed by atoms with Gasteiger partial charge in [0.25, 0.3) is 0 Å². The lowest BCUT2D eigenvalue weighted by atomic mass is 10.1. The number of nitrogens with zero attached hydrogens (tertiary/aromatic N) is 3. The summed E-state index contributed by atoms with van der Waals surface area (Å²) in [7, 11) is 0. The molecule has 0 saturated heterocycles. The fourth-order valence-corrected chi connectivity index (χ4v) is 2.64. The Morgan fingerprint density at radius 1 is 1.33 bits per heavy atom. The first-order valence-electron chi connectivity index (χ1n) is 6.19. The van der Waals surface area contributed by atoms with Crippen molar-refractivity contribution < 1.29 is 14.2 Å². The normalized spacial score (nSPS) is 10.8. The molecule has 0 aliphatic heterocycles. The van der Waals surface area contributed by atoms with Crippen LogP contribution in [0.1, 0.15) is 5.01 Å². The molecule has 0 saturated carbocycles. The average molecular weight is 305 g/mol. The summed E-state index contributed by atoms with van der Waals surface area (Å²) in [5.74, 6) is 0.470. The van der Waals surface area contributed by atoms with Crippen molar-refractivity contribution in [3.05, 3.63) is 41.5 Å². The Hall–Kier alpha value is -2.41. The van der Waals surface area contributed by atoms with Gasteiger partial charge in [-0.25, -0.2) is 14.1 Å². The Morgan fingerprint density at radius 3 is 2.71 bits per heavy atom. The predicted molar refractivity (Wildman–Crippen MR) is 77.7 cm³/mol. The molecule has 0 aliphatic rings. The lowest BCUT2D eigenvalue weighted by Gasteiger charge is -2.00. The number of alkyl halides is 1. The number of benzene rings is 1. The van der Waals surface area contributed by atoms with Gasteiger partial charge >= 0.3 is 0 Å². The van der Waals surface area contributed by atoms with Crippen LogP contribution in [0.5, 0.6) is 10.9 Å².